The lowest BCUT2D eigenvalue weighted by molar-refractivity contribution is 0.303. The Balaban J connectivity index is 1.38. The van der Waals surface area contributed by atoms with Gasteiger partial charge in [0.05, 0.1) is 5.56 Å². The molecule has 0 aliphatic heterocycles. The molecule has 0 N–H and O–H groups in total. The molecule has 4 heteroatoms. The molecule has 1 aromatic heterocycles. The molecule has 0 saturated heterocycles. The number of halogens is 1. The van der Waals surface area contributed by atoms with Crippen LogP contribution in [0, 0.1) is 5.92 Å². The standard InChI is InChI=1S/C25H29BrN2O/c1-2-3-4-7-18-10-12-19(13-11-18)20-14-16-21(17-15-20)24-27-25(29-28-24)22-8-5-6-9-23(22)26/h5-6,8-9,14-19H,2-4,7,10-13H2,1H3. The molecule has 29 heavy (non-hydrogen) atoms. The second-order valence-electron chi connectivity index (χ2n) is 8.24. The molecule has 2 aromatic carbocycles. The van der Waals surface area contributed by atoms with Crippen LogP contribution in [0.15, 0.2) is 57.5 Å². The van der Waals surface area contributed by atoms with E-state index >= 15 is 0 Å². The molecule has 1 aliphatic rings. The molecule has 0 bridgehead atoms. The third kappa shape index (κ3) is 4.98. The summed E-state index contributed by atoms with van der Waals surface area (Å²) in [5, 5.41) is 4.18. The predicted molar refractivity (Wildman–Crippen MR) is 122 cm³/mol. The largest absolute Gasteiger partial charge is 0.334 e. The van der Waals surface area contributed by atoms with E-state index in [1.165, 1.54) is 56.9 Å². The molecule has 0 radical (unpaired) electrons. The normalized spacial score (nSPS) is 19.4. The zero-order valence-corrected chi connectivity index (χ0v) is 18.7. The molecular weight excluding hydrogens is 424 g/mol. The summed E-state index contributed by atoms with van der Waals surface area (Å²) in [6, 6.07) is 16.7. The minimum Gasteiger partial charge on any atom is -0.334 e. The first kappa shape index (κ1) is 20.3. The fourth-order valence-corrected chi connectivity index (χ4v) is 4.91. The van der Waals surface area contributed by atoms with Crippen LogP contribution in [0.4, 0.5) is 0 Å². The highest BCUT2D eigenvalue weighted by atomic mass is 79.9. The van der Waals surface area contributed by atoms with E-state index in [1.807, 2.05) is 24.3 Å². The number of benzene rings is 2. The van der Waals surface area contributed by atoms with Crippen molar-refractivity contribution in [3.8, 4) is 22.8 Å². The molecule has 3 aromatic rings. The lowest BCUT2D eigenvalue weighted by atomic mass is 9.77. The van der Waals surface area contributed by atoms with Crippen molar-refractivity contribution in [1.29, 1.82) is 0 Å². The van der Waals surface area contributed by atoms with Gasteiger partial charge in [0.2, 0.25) is 5.82 Å². The average molecular weight is 453 g/mol. The van der Waals surface area contributed by atoms with Gasteiger partial charge in [-0.05, 0) is 71.1 Å². The number of aromatic nitrogens is 2. The molecule has 1 saturated carbocycles. The number of unbranched alkanes of at least 4 members (excludes halogenated alkanes) is 2. The lowest BCUT2D eigenvalue weighted by Crippen LogP contribution is -2.13. The van der Waals surface area contributed by atoms with Crippen LogP contribution in [0.3, 0.4) is 0 Å². The van der Waals surface area contributed by atoms with E-state index < -0.39 is 0 Å². The first-order chi connectivity index (χ1) is 14.2. The van der Waals surface area contributed by atoms with Crippen LogP contribution in [0.25, 0.3) is 22.8 Å². The first-order valence-electron chi connectivity index (χ1n) is 10.9. The zero-order chi connectivity index (χ0) is 20.1. The molecular formula is C25H29BrN2O. The summed E-state index contributed by atoms with van der Waals surface area (Å²) < 4.78 is 6.45. The maximum atomic E-state index is 5.49. The van der Waals surface area contributed by atoms with Gasteiger partial charge in [0, 0.05) is 10.0 Å². The van der Waals surface area contributed by atoms with Gasteiger partial charge in [-0.25, -0.2) is 0 Å². The number of rotatable bonds is 7. The van der Waals surface area contributed by atoms with Crippen molar-refractivity contribution in [2.24, 2.45) is 5.92 Å². The molecule has 152 valence electrons. The predicted octanol–water partition coefficient (Wildman–Crippen LogP) is 8.02. The Morgan fingerprint density at radius 1 is 0.966 bits per heavy atom. The Kier molecular flexibility index (Phi) is 6.81. The van der Waals surface area contributed by atoms with E-state index in [2.05, 4.69) is 57.3 Å². The quantitative estimate of drug-likeness (QED) is 0.340. The van der Waals surface area contributed by atoms with Crippen molar-refractivity contribution in [3.05, 3.63) is 58.6 Å². The summed E-state index contributed by atoms with van der Waals surface area (Å²) >= 11 is 3.55. The Labute approximate surface area is 182 Å². The van der Waals surface area contributed by atoms with Crippen LogP contribution in [0.5, 0.6) is 0 Å². The third-order valence-corrected chi connectivity index (χ3v) is 6.92. The number of nitrogens with zero attached hydrogens (tertiary/aromatic N) is 2. The minimum absolute atomic E-state index is 0.540. The van der Waals surface area contributed by atoms with E-state index in [-0.39, 0.29) is 0 Å². The summed E-state index contributed by atoms with van der Waals surface area (Å²) in [7, 11) is 0. The van der Waals surface area contributed by atoms with Crippen LogP contribution in [0.2, 0.25) is 0 Å². The molecule has 4 rings (SSSR count). The monoisotopic (exact) mass is 452 g/mol. The Bertz CT molecular complexity index is 911. The zero-order valence-electron chi connectivity index (χ0n) is 17.1. The molecule has 3 nitrogen and oxygen atoms in total. The summed E-state index contributed by atoms with van der Waals surface area (Å²) in [4.78, 5) is 4.59. The van der Waals surface area contributed by atoms with Gasteiger partial charge < -0.3 is 4.52 Å². The highest BCUT2D eigenvalue weighted by molar-refractivity contribution is 9.10. The van der Waals surface area contributed by atoms with Gasteiger partial charge in [-0.3, -0.25) is 0 Å². The highest BCUT2D eigenvalue weighted by Gasteiger charge is 2.22. The molecule has 1 fully saturated rings. The van der Waals surface area contributed by atoms with Crippen LogP contribution in [0.1, 0.15) is 69.8 Å². The smallest absolute Gasteiger partial charge is 0.259 e. The van der Waals surface area contributed by atoms with Gasteiger partial charge in [-0.15, -0.1) is 0 Å². The van der Waals surface area contributed by atoms with E-state index in [4.69, 9.17) is 4.52 Å². The molecule has 1 heterocycles. The van der Waals surface area contributed by atoms with Gasteiger partial charge in [-0.2, -0.15) is 4.98 Å². The van der Waals surface area contributed by atoms with Gasteiger partial charge >= 0.3 is 0 Å². The van der Waals surface area contributed by atoms with Crippen LogP contribution in [-0.2, 0) is 0 Å². The summed E-state index contributed by atoms with van der Waals surface area (Å²) in [5.74, 6) is 2.83. The van der Waals surface area contributed by atoms with Gasteiger partial charge in [0.1, 0.15) is 0 Å². The van der Waals surface area contributed by atoms with Gasteiger partial charge in [-0.1, -0.05) is 74.2 Å². The van der Waals surface area contributed by atoms with Crippen molar-refractivity contribution >= 4 is 15.9 Å². The van der Waals surface area contributed by atoms with Crippen LogP contribution in [-0.4, -0.2) is 10.1 Å². The van der Waals surface area contributed by atoms with E-state index in [9.17, 15) is 0 Å². The SMILES string of the molecule is CCCCCC1CCC(c2ccc(-c3noc(-c4ccccc4Br)n3)cc2)CC1. The summed E-state index contributed by atoms with van der Waals surface area (Å²) in [5.41, 5.74) is 3.37. The summed E-state index contributed by atoms with van der Waals surface area (Å²) in [6.45, 7) is 2.29. The van der Waals surface area contributed by atoms with Crippen molar-refractivity contribution in [2.75, 3.05) is 0 Å². The number of hydrogen-bond acceptors (Lipinski definition) is 3. The van der Waals surface area contributed by atoms with Gasteiger partial charge in [0.25, 0.3) is 5.89 Å². The highest BCUT2D eigenvalue weighted by Crippen LogP contribution is 2.38. The fraction of sp³-hybridized carbons (Fsp3) is 0.440. The average Bonchev–Trinajstić information content (AvgIpc) is 3.25. The Morgan fingerprint density at radius 2 is 1.72 bits per heavy atom. The minimum atomic E-state index is 0.540. The van der Waals surface area contributed by atoms with Crippen LogP contribution < -0.4 is 0 Å². The maximum Gasteiger partial charge on any atom is 0.259 e. The molecule has 0 atom stereocenters. The molecule has 0 amide bonds. The van der Waals surface area contributed by atoms with Crippen molar-refractivity contribution in [2.45, 2.75) is 64.2 Å². The molecule has 0 spiro atoms. The van der Waals surface area contributed by atoms with Crippen molar-refractivity contribution in [3.63, 3.8) is 0 Å². The lowest BCUT2D eigenvalue weighted by Gasteiger charge is -2.29. The second-order valence-corrected chi connectivity index (χ2v) is 9.09. The second kappa shape index (κ2) is 9.71. The third-order valence-electron chi connectivity index (χ3n) is 6.23. The summed E-state index contributed by atoms with van der Waals surface area (Å²) in [6.07, 6.45) is 11.0. The fourth-order valence-electron chi connectivity index (χ4n) is 4.46. The Hall–Kier alpha value is -1.94. The number of hydrogen-bond donors (Lipinski definition) is 0. The van der Waals surface area contributed by atoms with E-state index in [0.29, 0.717) is 17.6 Å². The van der Waals surface area contributed by atoms with Gasteiger partial charge in [0.15, 0.2) is 0 Å². The topological polar surface area (TPSA) is 38.9 Å². The molecule has 0 unspecified atom stereocenters. The molecule has 1 aliphatic carbocycles. The van der Waals surface area contributed by atoms with E-state index in [0.717, 1.165) is 21.5 Å². The van der Waals surface area contributed by atoms with Crippen molar-refractivity contribution < 1.29 is 4.52 Å². The Morgan fingerprint density at radius 3 is 2.45 bits per heavy atom. The first-order valence-corrected chi connectivity index (χ1v) is 11.7. The van der Waals surface area contributed by atoms with E-state index in [1.54, 1.807) is 0 Å². The maximum absolute atomic E-state index is 5.49. The van der Waals surface area contributed by atoms with Crippen molar-refractivity contribution in [1.82, 2.24) is 10.1 Å². The van der Waals surface area contributed by atoms with Crippen LogP contribution >= 0.6 is 15.9 Å².